The number of aromatic nitrogens is 1. The van der Waals surface area contributed by atoms with Gasteiger partial charge in [-0.3, -0.25) is 9.98 Å². The highest BCUT2D eigenvalue weighted by Crippen LogP contribution is 2.11. The molecule has 1 heterocycles. The SMILES string of the molecule is CN=C(NCCc1ccc(C)nc1)N(C)Cc1ccc(Cl)cc1. The summed E-state index contributed by atoms with van der Waals surface area (Å²) in [5.41, 5.74) is 3.46. The largest absolute Gasteiger partial charge is 0.356 e. The van der Waals surface area contributed by atoms with Gasteiger partial charge in [-0.2, -0.15) is 0 Å². The van der Waals surface area contributed by atoms with Gasteiger partial charge in [-0.15, -0.1) is 0 Å². The van der Waals surface area contributed by atoms with Crippen LogP contribution >= 0.6 is 11.6 Å². The molecule has 122 valence electrons. The Balaban J connectivity index is 1.84. The number of halogens is 1. The summed E-state index contributed by atoms with van der Waals surface area (Å²) in [5.74, 6) is 0.875. The van der Waals surface area contributed by atoms with Gasteiger partial charge in [0.05, 0.1) is 0 Å². The Morgan fingerprint density at radius 1 is 1.17 bits per heavy atom. The fourth-order valence-electron chi connectivity index (χ4n) is 2.29. The van der Waals surface area contributed by atoms with E-state index in [1.54, 1.807) is 7.05 Å². The van der Waals surface area contributed by atoms with Crippen LogP contribution in [0.2, 0.25) is 5.02 Å². The molecule has 0 aliphatic rings. The summed E-state index contributed by atoms with van der Waals surface area (Å²) in [7, 11) is 3.82. The maximum Gasteiger partial charge on any atom is 0.193 e. The normalized spacial score (nSPS) is 11.4. The average Bonchev–Trinajstić information content (AvgIpc) is 2.55. The number of aryl methyl sites for hydroxylation is 1. The number of benzene rings is 1. The molecule has 1 N–H and O–H groups in total. The molecule has 0 radical (unpaired) electrons. The van der Waals surface area contributed by atoms with E-state index >= 15 is 0 Å². The van der Waals surface area contributed by atoms with Gasteiger partial charge in [0.1, 0.15) is 0 Å². The molecule has 0 bridgehead atoms. The molecule has 0 spiro atoms. The fraction of sp³-hybridized carbons (Fsp3) is 0.333. The summed E-state index contributed by atoms with van der Waals surface area (Å²) in [6, 6.07) is 12.0. The number of hydrogen-bond acceptors (Lipinski definition) is 2. The van der Waals surface area contributed by atoms with Crippen molar-refractivity contribution >= 4 is 17.6 Å². The van der Waals surface area contributed by atoms with E-state index in [0.717, 1.165) is 36.2 Å². The molecule has 1 aromatic carbocycles. The predicted molar refractivity (Wildman–Crippen MR) is 97.0 cm³/mol. The molecular weight excluding hydrogens is 308 g/mol. The van der Waals surface area contributed by atoms with Crippen LogP contribution in [0, 0.1) is 6.92 Å². The lowest BCUT2D eigenvalue weighted by molar-refractivity contribution is 0.477. The highest BCUT2D eigenvalue weighted by atomic mass is 35.5. The number of pyridine rings is 1. The Morgan fingerprint density at radius 3 is 2.48 bits per heavy atom. The molecular formula is C18H23ClN4. The van der Waals surface area contributed by atoms with Crippen molar-refractivity contribution in [1.29, 1.82) is 0 Å². The third-order valence-electron chi connectivity index (χ3n) is 3.58. The first-order valence-electron chi connectivity index (χ1n) is 7.66. The molecule has 0 aliphatic heterocycles. The van der Waals surface area contributed by atoms with E-state index in [9.17, 15) is 0 Å². The van der Waals surface area contributed by atoms with Crippen LogP contribution in [-0.2, 0) is 13.0 Å². The molecule has 23 heavy (non-hydrogen) atoms. The van der Waals surface area contributed by atoms with Gasteiger partial charge in [-0.05, 0) is 42.7 Å². The van der Waals surface area contributed by atoms with Crippen molar-refractivity contribution in [3.8, 4) is 0 Å². The zero-order valence-electron chi connectivity index (χ0n) is 13.9. The van der Waals surface area contributed by atoms with Gasteiger partial charge in [0.2, 0.25) is 0 Å². The van der Waals surface area contributed by atoms with Crippen molar-refractivity contribution in [2.75, 3.05) is 20.6 Å². The summed E-state index contributed by atoms with van der Waals surface area (Å²) in [4.78, 5) is 10.7. The summed E-state index contributed by atoms with van der Waals surface area (Å²) in [6.07, 6.45) is 2.85. The van der Waals surface area contributed by atoms with E-state index in [4.69, 9.17) is 11.6 Å². The van der Waals surface area contributed by atoms with Crippen molar-refractivity contribution in [2.45, 2.75) is 19.9 Å². The lowest BCUT2D eigenvalue weighted by Gasteiger charge is -2.22. The maximum absolute atomic E-state index is 5.92. The van der Waals surface area contributed by atoms with Gasteiger partial charge in [0, 0.05) is 44.1 Å². The zero-order chi connectivity index (χ0) is 16.7. The molecule has 2 aromatic rings. The van der Waals surface area contributed by atoms with E-state index < -0.39 is 0 Å². The Bertz CT molecular complexity index is 635. The molecule has 0 amide bonds. The van der Waals surface area contributed by atoms with Gasteiger partial charge in [0.15, 0.2) is 5.96 Å². The van der Waals surface area contributed by atoms with E-state index in [2.05, 4.69) is 26.3 Å². The average molecular weight is 331 g/mol. The summed E-state index contributed by atoms with van der Waals surface area (Å²) >= 11 is 5.92. The minimum Gasteiger partial charge on any atom is -0.356 e. The molecule has 0 saturated heterocycles. The third-order valence-corrected chi connectivity index (χ3v) is 3.83. The molecule has 0 aliphatic carbocycles. The fourth-order valence-corrected chi connectivity index (χ4v) is 2.41. The number of guanidine groups is 1. The zero-order valence-corrected chi connectivity index (χ0v) is 14.6. The molecule has 5 heteroatoms. The van der Waals surface area contributed by atoms with Gasteiger partial charge in [0.25, 0.3) is 0 Å². The highest BCUT2D eigenvalue weighted by molar-refractivity contribution is 6.30. The minimum absolute atomic E-state index is 0.755. The van der Waals surface area contributed by atoms with Crippen LogP contribution in [0.15, 0.2) is 47.6 Å². The Hall–Kier alpha value is -2.07. The standard InChI is InChI=1S/C18H23ClN4/c1-14-4-5-15(12-22-14)10-11-21-18(20-2)23(3)13-16-6-8-17(19)9-7-16/h4-9,12H,10-11,13H2,1-3H3,(H,20,21). The monoisotopic (exact) mass is 330 g/mol. The minimum atomic E-state index is 0.755. The smallest absolute Gasteiger partial charge is 0.193 e. The predicted octanol–water partition coefficient (Wildman–Crippen LogP) is 3.29. The van der Waals surface area contributed by atoms with Crippen molar-refractivity contribution in [3.05, 3.63) is 64.4 Å². The van der Waals surface area contributed by atoms with Crippen LogP contribution in [0.5, 0.6) is 0 Å². The first-order valence-corrected chi connectivity index (χ1v) is 8.04. The molecule has 0 fully saturated rings. The van der Waals surface area contributed by atoms with Crippen LogP contribution < -0.4 is 5.32 Å². The third kappa shape index (κ3) is 5.57. The molecule has 2 rings (SSSR count). The number of nitrogens with one attached hydrogen (secondary N) is 1. The highest BCUT2D eigenvalue weighted by Gasteiger charge is 2.06. The summed E-state index contributed by atoms with van der Waals surface area (Å²) < 4.78 is 0. The van der Waals surface area contributed by atoms with Crippen molar-refractivity contribution in [1.82, 2.24) is 15.2 Å². The van der Waals surface area contributed by atoms with Crippen molar-refractivity contribution < 1.29 is 0 Å². The number of aliphatic imine (C=N–C) groups is 1. The lowest BCUT2D eigenvalue weighted by atomic mass is 10.2. The topological polar surface area (TPSA) is 40.5 Å². The maximum atomic E-state index is 5.92. The first-order chi connectivity index (χ1) is 11.1. The Morgan fingerprint density at radius 2 is 1.87 bits per heavy atom. The summed E-state index contributed by atoms with van der Waals surface area (Å²) in [6.45, 7) is 3.60. The van der Waals surface area contributed by atoms with Crippen molar-refractivity contribution in [2.24, 2.45) is 4.99 Å². The first kappa shape index (κ1) is 17.3. The van der Waals surface area contributed by atoms with E-state index in [-0.39, 0.29) is 0 Å². The molecule has 0 unspecified atom stereocenters. The van der Waals surface area contributed by atoms with Crippen molar-refractivity contribution in [3.63, 3.8) is 0 Å². The Labute approximate surface area is 143 Å². The van der Waals surface area contributed by atoms with Crippen LogP contribution in [0.3, 0.4) is 0 Å². The van der Waals surface area contributed by atoms with E-state index in [1.807, 2.05) is 50.5 Å². The van der Waals surface area contributed by atoms with E-state index in [0.29, 0.717) is 0 Å². The van der Waals surface area contributed by atoms with E-state index in [1.165, 1.54) is 11.1 Å². The van der Waals surface area contributed by atoms with Crippen LogP contribution in [-0.4, -0.2) is 36.5 Å². The molecule has 0 saturated carbocycles. The Kier molecular flexibility index (Phi) is 6.41. The lowest BCUT2D eigenvalue weighted by Crippen LogP contribution is -2.39. The second-order valence-electron chi connectivity index (χ2n) is 5.51. The molecule has 4 nitrogen and oxygen atoms in total. The van der Waals surface area contributed by atoms with Crippen LogP contribution in [0.4, 0.5) is 0 Å². The van der Waals surface area contributed by atoms with Gasteiger partial charge >= 0.3 is 0 Å². The van der Waals surface area contributed by atoms with Gasteiger partial charge in [-0.1, -0.05) is 29.8 Å². The van der Waals surface area contributed by atoms with Crippen LogP contribution in [0.1, 0.15) is 16.8 Å². The quantitative estimate of drug-likeness (QED) is 0.675. The number of nitrogens with zero attached hydrogens (tertiary/aromatic N) is 3. The summed E-state index contributed by atoms with van der Waals surface area (Å²) in [5, 5.41) is 4.14. The number of rotatable bonds is 5. The molecule has 1 aromatic heterocycles. The number of hydrogen-bond donors (Lipinski definition) is 1. The molecule has 0 atom stereocenters. The van der Waals surface area contributed by atoms with Gasteiger partial charge in [-0.25, -0.2) is 0 Å². The second-order valence-corrected chi connectivity index (χ2v) is 5.95. The van der Waals surface area contributed by atoms with Crippen LogP contribution in [0.25, 0.3) is 0 Å². The van der Waals surface area contributed by atoms with Gasteiger partial charge < -0.3 is 10.2 Å². The second kappa shape index (κ2) is 8.53.